The molecule has 0 unspecified atom stereocenters. The van der Waals surface area contributed by atoms with Crippen molar-refractivity contribution < 1.29 is 27.2 Å². The number of benzene rings is 2. The molecular formula is C23H19ClFN5O5S. The number of aromatic nitrogens is 2. The minimum Gasteiger partial charge on any atom is -0.340 e. The Hall–Kier alpha value is -3.77. The number of imidazole rings is 1. The average molecular weight is 532 g/mol. The van der Waals surface area contributed by atoms with Crippen LogP contribution >= 0.6 is 11.6 Å². The van der Waals surface area contributed by atoms with E-state index in [1.54, 1.807) is 12.1 Å². The number of carbonyl (C=O) groups is 3. The molecule has 2 aliphatic rings. The van der Waals surface area contributed by atoms with Crippen LogP contribution in [-0.2, 0) is 9.84 Å². The van der Waals surface area contributed by atoms with Crippen molar-refractivity contribution in [3.05, 3.63) is 76.6 Å². The summed E-state index contributed by atoms with van der Waals surface area (Å²) in [5.74, 6) is -2.09. The van der Waals surface area contributed by atoms with Crippen LogP contribution in [0.4, 0.5) is 15.8 Å². The number of halogens is 2. The molecular weight excluding hydrogens is 513 g/mol. The normalized spacial score (nSPS) is 17.1. The molecule has 3 N–H and O–H groups in total. The number of carbonyl (C=O) groups excluding carboxylic acids is 3. The fourth-order valence-electron chi connectivity index (χ4n) is 4.19. The maximum Gasteiger partial charge on any atom is 0.276 e. The highest BCUT2D eigenvalue weighted by Gasteiger charge is 2.61. The molecule has 0 radical (unpaired) electrons. The Bertz CT molecular complexity index is 1500. The first-order chi connectivity index (χ1) is 17.1. The Labute approximate surface area is 209 Å². The molecule has 0 aliphatic carbocycles. The molecule has 0 saturated carbocycles. The van der Waals surface area contributed by atoms with E-state index in [0.29, 0.717) is 17.8 Å². The van der Waals surface area contributed by atoms with Crippen molar-refractivity contribution >= 4 is 50.5 Å². The fourth-order valence-corrected chi connectivity index (χ4v) is 6.26. The summed E-state index contributed by atoms with van der Waals surface area (Å²) in [6.45, 7) is 0.203. The van der Waals surface area contributed by atoms with Gasteiger partial charge >= 0.3 is 0 Å². The second-order valence-electron chi connectivity index (χ2n) is 8.65. The number of amides is 3. The predicted octanol–water partition coefficient (Wildman–Crippen LogP) is 2.72. The molecule has 1 spiro atoms. The largest absolute Gasteiger partial charge is 0.340 e. The summed E-state index contributed by atoms with van der Waals surface area (Å²) >= 11 is 5.92. The van der Waals surface area contributed by atoms with Crippen LogP contribution in [0.25, 0.3) is 0 Å². The first-order valence-electron chi connectivity index (χ1n) is 10.8. The van der Waals surface area contributed by atoms with Crippen LogP contribution in [0, 0.1) is 5.82 Å². The topological polar surface area (TPSA) is 141 Å². The highest BCUT2D eigenvalue weighted by molar-refractivity contribution is 7.94. The zero-order valence-corrected chi connectivity index (χ0v) is 20.1. The lowest BCUT2D eigenvalue weighted by Gasteiger charge is -2.54. The maximum absolute atomic E-state index is 13.2. The van der Waals surface area contributed by atoms with Crippen LogP contribution in [0.3, 0.4) is 0 Å². The van der Waals surface area contributed by atoms with Crippen LogP contribution in [-0.4, -0.2) is 64.6 Å². The molecule has 2 saturated heterocycles. The molecule has 0 bridgehead atoms. The Morgan fingerprint density at radius 1 is 1.03 bits per heavy atom. The van der Waals surface area contributed by atoms with Crippen LogP contribution in [0.1, 0.15) is 37.8 Å². The number of rotatable bonds is 5. The van der Waals surface area contributed by atoms with Crippen molar-refractivity contribution in [2.75, 3.05) is 29.5 Å². The molecule has 10 nitrogen and oxygen atoms in total. The van der Waals surface area contributed by atoms with Gasteiger partial charge in [0.05, 0.1) is 22.7 Å². The SMILES string of the molecule is O=C(Nc1ccc(NC(=O)c2nc[nH]c2C(=O)N2CC3(CCS3(=O)=O)C2)cc1)c1ccc(F)cc1Cl. The van der Waals surface area contributed by atoms with Crippen molar-refractivity contribution in [2.45, 2.75) is 11.2 Å². The van der Waals surface area contributed by atoms with E-state index in [-0.39, 0.29) is 40.8 Å². The van der Waals surface area contributed by atoms with Gasteiger partial charge in [-0.2, -0.15) is 0 Å². The van der Waals surface area contributed by atoms with Gasteiger partial charge in [-0.05, 0) is 48.9 Å². The van der Waals surface area contributed by atoms with Gasteiger partial charge in [0.2, 0.25) is 0 Å². The molecule has 3 amide bonds. The van der Waals surface area contributed by atoms with Gasteiger partial charge in [0.1, 0.15) is 16.3 Å². The third-order valence-corrected chi connectivity index (χ3v) is 9.21. The Morgan fingerprint density at radius 3 is 2.22 bits per heavy atom. The summed E-state index contributed by atoms with van der Waals surface area (Å²) in [6, 6.07) is 9.60. The van der Waals surface area contributed by atoms with Gasteiger partial charge in [-0.15, -0.1) is 0 Å². The fraction of sp³-hybridized carbons (Fsp3) is 0.217. The summed E-state index contributed by atoms with van der Waals surface area (Å²) in [5.41, 5.74) is 0.739. The van der Waals surface area contributed by atoms with E-state index in [4.69, 9.17) is 11.6 Å². The van der Waals surface area contributed by atoms with Crippen molar-refractivity contribution in [1.82, 2.24) is 14.9 Å². The molecule has 2 aliphatic heterocycles. The Kier molecular flexibility index (Phi) is 5.80. The van der Waals surface area contributed by atoms with E-state index in [1.807, 2.05) is 0 Å². The lowest BCUT2D eigenvalue weighted by molar-refractivity contribution is 0.0512. The molecule has 2 fully saturated rings. The third kappa shape index (κ3) is 4.11. The summed E-state index contributed by atoms with van der Waals surface area (Å²) in [7, 11) is -3.17. The molecule has 5 rings (SSSR count). The first kappa shape index (κ1) is 23.9. The number of aromatic amines is 1. The summed E-state index contributed by atoms with van der Waals surface area (Å²) in [4.78, 5) is 46.0. The van der Waals surface area contributed by atoms with Crippen LogP contribution in [0.15, 0.2) is 48.8 Å². The van der Waals surface area contributed by atoms with Crippen LogP contribution < -0.4 is 10.6 Å². The van der Waals surface area contributed by atoms with E-state index in [2.05, 4.69) is 20.6 Å². The molecule has 186 valence electrons. The summed E-state index contributed by atoms with van der Waals surface area (Å²) in [6.07, 6.45) is 1.75. The van der Waals surface area contributed by atoms with Gasteiger partial charge in [0.25, 0.3) is 17.7 Å². The number of likely N-dealkylation sites (tertiary alicyclic amines) is 1. The van der Waals surface area contributed by atoms with Gasteiger partial charge < -0.3 is 20.5 Å². The molecule has 3 aromatic rings. The lowest BCUT2D eigenvalue weighted by atomic mass is 9.94. The van der Waals surface area contributed by atoms with Crippen molar-refractivity contribution in [3.8, 4) is 0 Å². The number of sulfone groups is 1. The van der Waals surface area contributed by atoms with Gasteiger partial charge in [-0.3, -0.25) is 14.4 Å². The second kappa shape index (κ2) is 8.71. The lowest BCUT2D eigenvalue weighted by Crippen LogP contribution is -2.72. The quantitative estimate of drug-likeness (QED) is 0.462. The average Bonchev–Trinajstić information content (AvgIpc) is 3.29. The number of nitrogens with zero attached hydrogens (tertiary/aromatic N) is 2. The first-order valence-corrected chi connectivity index (χ1v) is 12.8. The molecule has 36 heavy (non-hydrogen) atoms. The Balaban J connectivity index is 1.21. The number of hydrogen-bond acceptors (Lipinski definition) is 6. The highest BCUT2D eigenvalue weighted by atomic mass is 35.5. The zero-order chi connectivity index (χ0) is 25.7. The molecule has 13 heteroatoms. The summed E-state index contributed by atoms with van der Waals surface area (Å²) in [5, 5.41) is 5.23. The van der Waals surface area contributed by atoms with E-state index < -0.39 is 38.1 Å². The number of nitrogens with one attached hydrogen (secondary N) is 3. The van der Waals surface area contributed by atoms with Crippen molar-refractivity contribution in [3.63, 3.8) is 0 Å². The van der Waals surface area contributed by atoms with Crippen molar-refractivity contribution in [2.24, 2.45) is 0 Å². The zero-order valence-electron chi connectivity index (χ0n) is 18.5. The van der Waals surface area contributed by atoms with Gasteiger partial charge in [-0.25, -0.2) is 17.8 Å². The monoisotopic (exact) mass is 531 g/mol. The summed E-state index contributed by atoms with van der Waals surface area (Å²) < 4.78 is 36.3. The van der Waals surface area contributed by atoms with E-state index in [0.717, 1.165) is 12.1 Å². The predicted molar refractivity (Wildman–Crippen MR) is 129 cm³/mol. The smallest absolute Gasteiger partial charge is 0.276 e. The standard InChI is InChI=1S/C23H19ClFN5O5S/c24-17-9-13(25)1-6-16(17)20(31)28-14-2-4-15(5-3-14)29-21(32)18-19(27-12-26-18)22(33)30-10-23(11-30)7-8-36(23,34)35/h1-6,9,12H,7-8,10-11H2,(H,26,27)(H,28,31)(H,29,32). The molecule has 3 heterocycles. The molecule has 1 aromatic heterocycles. The number of hydrogen-bond donors (Lipinski definition) is 3. The van der Waals surface area contributed by atoms with Crippen molar-refractivity contribution in [1.29, 1.82) is 0 Å². The molecule has 0 atom stereocenters. The highest BCUT2D eigenvalue weighted by Crippen LogP contribution is 2.42. The maximum atomic E-state index is 13.2. The minimum absolute atomic E-state index is 0.0246. The van der Waals surface area contributed by atoms with Gasteiger partial charge in [0.15, 0.2) is 15.5 Å². The van der Waals surface area contributed by atoms with Gasteiger partial charge in [-0.1, -0.05) is 11.6 Å². The van der Waals surface area contributed by atoms with Gasteiger partial charge in [0, 0.05) is 24.5 Å². The van der Waals surface area contributed by atoms with E-state index >= 15 is 0 Å². The van der Waals surface area contributed by atoms with Crippen LogP contribution in [0.5, 0.6) is 0 Å². The van der Waals surface area contributed by atoms with E-state index in [9.17, 15) is 27.2 Å². The third-order valence-electron chi connectivity index (χ3n) is 6.38. The Morgan fingerprint density at radius 2 is 1.67 bits per heavy atom. The number of anilines is 2. The second-order valence-corrected chi connectivity index (χ2v) is 11.6. The van der Waals surface area contributed by atoms with Crippen LogP contribution in [0.2, 0.25) is 5.02 Å². The molecule has 2 aromatic carbocycles. The van der Waals surface area contributed by atoms with E-state index in [1.165, 1.54) is 29.4 Å². The minimum atomic E-state index is -3.17. The number of H-pyrrole nitrogens is 1.